The van der Waals surface area contributed by atoms with Gasteiger partial charge in [-0.3, -0.25) is 0 Å². The second-order valence-corrected chi connectivity index (χ2v) is 8.50. The van der Waals surface area contributed by atoms with Gasteiger partial charge >= 0.3 is 0 Å². The molecule has 2 rings (SSSR count). The molecule has 0 heterocycles. The lowest BCUT2D eigenvalue weighted by atomic mass is 10.1. The summed E-state index contributed by atoms with van der Waals surface area (Å²) in [6.45, 7) is 2.24. The van der Waals surface area contributed by atoms with Gasteiger partial charge in [0.15, 0.2) is 0 Å². The summed E-state index contributed by atoms with van der Waals surface area (Å²) in [4.78, 5) is 0. The van der Waals surface area contributed by atoms with E-state index in [9.17, 15) is 8.42 Å². The lowest BCUT2D eigenvalue weighted by molar-refractivity contribution is 0.257. The fourth-order valence-corrected chi connectivity index (χ4v) is 4.14. The number of hydrogen-bond acceptors (Lipinski definition) is 3. The van der Waals surface area contributed by atoms with Crippen molar-refractivity contribution in [2.75, 3.05) is 12.4 Å². The highest BCUT2D eigenvalue weighted by Crippen LogP contribution is 2.33. The van der Waals surface area contributed by atoms with Crippen molar-refractivity contribution < 1.29 is 13.2 Å². The van der Waals surface area contributed by atoms with E-state index in [1.54, 1.807) is 0 Å². The third kappa shape index (κ3) is 4.59. The molecule has 0 aliphatic carbocycles. The van der Waals surface area contributed by atoms with Crippen molar-refractivity contribution in [2.45, 2.75) is 13.3 Å². The average Bonchev–Trinajstić information content (AvgIpc) is 2.44. The van der Waals surface area contributed by atoms with Gasteiger partial charge in [0.2, 0.25) is 9.05 Å². The summed E-state index contributed by atoms with van der Waals surface area (Å²) in [7, 11) is 1.80. The highest BCUT2D eigenvalue weighted by atomic mass is 79.9. The van der Waals surface area contributed by atoms with E-state index in [0.29, 0.717) is 18.8 Å². The Labute approximate surface area is 137 Å². The van der Waals surface area contributed by atoms with Gasteiger partial charge in [-0.15, -0.1) is 0 Å². The zero-order chi connectivity index (χ0) is 15.5. The Morgan fingerprint density at radius 3 is 2.62 bits per heavy atom. The summed E-state index contributed by atoms with van der Waals surface area (Å²) in [5.41, 5.74) is 0. The van der Waals surface area contributed by atoms with E-state index >= 15 is 0 Å². The van der Waals surface area contributed by atoms with Crippen molar-refractivity contribution in [1.29, 1.82) is 0 Å². The predicted molar refractivity (Wildman–Crippen MR) is 90.6 cm³/mol. The van der Waals surface area contributed by atoms with Gasteiger partial charge in [0.1, 0.15) is 5.75 Å². The first-order valence-corrected chi connectivity index (χ1v) is 9.90. The molecule has 0 N–H and O–H groups in total. The Bertz CT molecular complexity index is 731. The fourth-order valence-electron chi connectivity index (χ4n) is 2.10. The molecule has 0 aromatic heterocycles. The summed E-state index contributed by atoms with van der Waals surface area (Å²) < 4.78 is 29.0. The molecule has 0 saturated heterocycles. The van der Waals surface area contributed by atoms with Gasteiger partial charge in [0, 0.05) is 16.6 Å². The first kappa shape index (κ1) is 16.6. The standard InChI is InChI=1S/C15H16BrClO3S/c1-2-11(10-21(17,18)19)9-20-14-8-7-12-5-3-4-6-13(12)15(14)16/h3-8,11H,2,9-10H2,1H3. The minimum Gasteiger partial charge on any atom is -0.492 e. The summed E-state index contributed by atoms with van der Waals surface area (Å²) >= 11 is 3.55. The van der Waals surface area contributed by atoms with Gasteiger partial charge in [0.05, 0.1) is 16.8 Å². The molecule has 21 heavy (non-hydrogen) atoms. The van der Waals surface area contributed by atoms with E-state index in [1.165, 1.54) is 0 Å². The molecule has 2 aromatic rings. The number of benzene rings is 2. The number of rotatable bonds is 6. The van der Waals surface area contributed by atoms with Crippen molar-refractivity contribution in [3.63, 3.8) is 0 Å². The average molecular weight is 392 g/mol. The fraction of sp³-hybridized carbons (Fsp3) is 0.333. The normalized spacial score (nSPS) is 13.3. The summed E-state index contributed by atoms with van der Waals surface area (Å²) in [5, 5.41) is 2.18. The smallest absolute Gasteiger partial charge is 0.232 e. The van der Waals surface area contributed by atoms with E-state index in [4.69, 9.17) is 15.4 Å². The second-order valence-electron chi connectivity index (χ2n) is 4.89. The highest BCUT2D eigenvalue weighted by molar-refractivity contribution is 9.10. The van der Waals surface area contributed by atoms with Gasteiger partial charge in [-0.1, -0.05) is 37.3 Å². The number of ether oxygens (including phenoxy) is 1. The first-order valence-electron chi connectivity index (χ1n) is 6.63. The first-order chi connectivity index (χ1) is 9.90. The minimum atomic E-state index is -3.50. The Morgan fingerprint density at radius 1 is 1.24 bits per heavy atom. The van der Waals surface area contributed by atoms with Crippen LogP contribution >= 0.6 is 26.6 Å². The Balaban J connectivity index is 2.14. The molecule has 0 radical (unpaired) electrons. The van der Waals surface area contributed by atoms with Crippen LogP contribution in [0.3, 0.4) is 0 Å². The summed E-state index contributed by atoms with van der Waals surface area (Å²) in [6, 6.07) is 11.8. The Hall–Kier alpha value is -0.780. The Morgan fingerprint density at radius 2 is 1.95 bits per heavy atom. The lowest BCUT2D eigenvalue weighted by Gasteiger charge is -2.16. The molecule has 0 aliphatic heterocycles. The molecule has 6 heteroatoms. The van der Waals surface area contributed by atoms with Crippen LogP contribution in [-0.4, -0.2) is 20.8 Å². The quantitative estimate of drug-likeness (QED) is 0.677. The van der Waals surface area contributed by atoms with Crippen molar-refractivity contribution in [3.8, 4) is 5.75 Å². The predicted octanol–water partition coefficient (Wildman–Crippen LogP) is 4.58. The van der Waals surface area contributed by atoms with Crippen molar-refractivity contribution in [3.05, 3.63) is 40.9 Å². The molecular formula is C15H16BrClO3S. The maximum absolute atomic E-state index is 11.2. The molecule has 1 atom stereocenters. The van der Waals surface area contributed by atoms with E-state index in [0.717, 1.165) is 15.2 Å². The van der Waals surface area contributed by atoms with E-state index in [1.807, 2.05) is 43.3 Å². The van der Waals surface area contributed by atoms with E-state index in [-0.39, 0.29) is 11.7 Å². The SMILES string of the molecule is CCC(COc1ccc2ccccc2c1Br)CS(=O)(=O)Cl. The third-order valence-corrected chi connectivity index (χ3v) is 5.38. The molecule has 1 unspecified atom stereocenters. The van der Waals surface area contributed by atoms with Crippen molar-refractivity contribution in [1.82, 2.24) is 0 Å². The molecule has 3 nitrogen and oxygen atoms in total. The van der Waals surface area contributed by atoms with Crippen LogP contribution < -0.4 is 4.74 Å². The van der Waals surface area contributed by atoms with Crippen LogP contribution in [-0.2, 0) is 9.05 Å². The maximum atomic E-state index is 11.2. The van der Waals surface area contributed by atoms with Crippen LogP contribution in [0.25, 0.3) is 10.8 Å². The molecule has 0 bridgehead atoms. The van der Waals surface area contributed by atoms with Gasteiger partial charge in [-0.2, -0.15) is 0 Å². The zero-order valence-electron chi connectivity index (χ0n) is 11.6. The van der Waals surface area contributed by atoms with E-state index in [2.05, 4.69) is 15.9 Å². The largest absolute Gasteiger partial charge is 0.492 e. The van der Waals surface area contributed by atoms with Gasteiger partial charge in [0.25, 0.3) is 0 Å². The van der Waals surface area contributed by atoms with Gasteiger partial charge in [-0.05, 0) is 39.2 Å². The monoisotopic (exact) mass is 390 g/mol. The van der Waals surface area contributed by atoms with Crippen LogP contribution in [0.2, 0.25) is 0 Å². The third-order valence-electron chi connectivity index (χ3n) is 3.31. The van der Waals surface area contributed by atoms with Gasteiger partial charge < -0.3 is 4.74 Å². The molecule has 114 valence electrons. The molecule has 0 saturated carbocycles. The van der Waals surface area contributed by atoms with Gasteiger partial charge in [-0.25, -0.2) is 8.42 Å². The minimum absolute atomic E-state index is 0.0732. The molecule has 0 aliphatic rings. The zero-order valence-corrected chi connectivity index (χ0v) is 14.7. The van der Waals surface area contributed by atoms with Crippen LogP contribution in [0.15, 0.2) is 40.9 Å². The summed E-state index contributed by atoms with van der Waals surface area (Å²) in [5.74, 6) is 0.515. The van der Waals surface area contributed by atoms with Crippen LogP contribution in [0.5, 0.6) is 5.75 Å². The van der Waals surface area contributed by atoms with Crippen LogP contribution in [0, 0.1) is 5.92 Å². The number of hydrogen-bond donors (Lipinski definition) is 0. The molecule has 0 spiro atoms. The molecule has 0 fully saturated rings. The molecular weight excluding hydrogens is 376 g/mol. The van der Waals surface area contributed by atoms with E-state index < -0.39 is 9.05 Å². The number of halogens is 2. The Kier molecular flexibility index (Phi) is 5.52. The maximum Gasteiger partial charge on any atom is 0.232 e. The van der Waals surface area contributed by atoms with Crippen molar-refractivity contribution >= 4 is 46.4 Å². The molecule has 2 aromatic carbocycles. The topological polar surface area (TPSA) is 43.4 Å². The lowest BCUT2D eigenvalue weighted by Crippen LogP contribution is -2.19. The highest BCUT2D eigenvalue weighted by Gasteiger charge is 2.17. The molecule has 0 amide bonds. The van der Waals surface area contributed by atoms with Crippen LogP contribution in [0.4, 0.5) is 0 Å². The van der Waals surface area contributed by atoms with Crippen molar-refractivity contribution in [2.24, 2.45) is 5.92 Å². The number of fused-ring (bicyclic) bond motifs is 1. The second kappa shape index (κ2) is 6.99. The van der Waals surface area contributed by atoms with Crippen LogP contribution in [0.1, 0.15) is 13.3 Å². The summed E-state index contributed by atoms with van der Waals surface area (Å²) in [6.07, 6.45) is 0.692.